The van der Waals surface area contributed by atoms with Gasteiger partial charge in [0, 0.05) is 5.92 Å². The molecule has 2 N–H and O–H groups in total. The molecule has 1 fully saturated rings. The predicted molar refractivity (Wildman–Crippen MR) is 61.0 cm³/mol. The second-order valence-electron chi connectivity index (χ2n) is 5.24. The zero-order chi connectivity index (χ0) is 12.3. The number of amides is 1. The van der Waals surface area contributed by atoms with E-state index in [1.165, 1.54) is 0 Å². The van der Waals surface area contributed by atoms with E-state index in [2.05, 4.69) is 19.2 Å². The number of nitrogens with one attached hydrogen (secondary N) is 1. The second-order valence-corrected chi connectivity index (χ2v) is 5.24. The van der Waals surface area contributed by atoms with Gasteiger partial charge in [-0.05, 0) is 24.7 Å². The Morgan fingerprint density at radius 2 is 2.12 bits per heavy atom. The molecule has 0 bridgehead atoms. The van der Waals surface area contributed by atoms with Gasteiger partial charge in [0.25, 0.3) is 0 Å². The number of carbonyl (C=O) groups excluding carboxylic acids is 1. The molecule has 2 atom stereocenters. The van der Waals surface area contributed by atoms with Gasteiger partial charge in [-0.2, -0.15) is 0 Å². The normalized spacial score (nSPS) is 25.1. The monoisotopic (exact) mass is 227 g/mol. The third-order valence-corrected chi connectivity index (χ3v) is 3.60. The molecule has 0 heterocycles. The fourth-order valence-electron chi connectivity index (χ4n) is 2.42. The van der Waals surface area contributed by atoms with Crippen molar-refractivity contribution in [2.24, 2.45) is 11.3 Å². The highest BCUT2D eigenvalue weighted by molar-refractivity contribution is 5.85. The van der Waals surface area contributed by atoms with Crippen molar-refractivity contribution in [3.8, 4) is 0 Å². The average Bonchev–Trinajstić information content (AvgIpc) is 2.53. The van der Waals surface area contributed by atoms with Crippen LogP contribution in [0.15, 0.2) is 0 Å². The van der Waals surface area contributed by atoms with Crippen LogP contribution >= 0.6 is 0 Å². The van der Waals surface area contributed by atoms with E-state index in [0.717, 1.165) is 19.3 Å². The van der Waals surface area contributed by atoms with Crippen LogP contribution in [0.1, 0.15) is 46.5 Å². The smallest absolute Gasteiger partial charge is 0.326 e. The van der Waals surface area contributed by atoms with Crippen molar-refractivity contribution in [1.29, 1.82) is 0 Å². The summed E-state index contributed by atoms with van der Waals surface area (Å²) in [7, 11) is 0. The Bertz CT molecular complexity index is 286. The molecule has 1 aliphatic carbocycles. The van der Waals surface area contributed by atoms with E-state index in [9.17, 15) is 9.59 Å². The van der Waals surface area contributed by atoms with E-state index in [1.54, 1.807) is 6.92 Å². The van der Waals surface area contributed by atoms with Crippen LogP contribution in [0, 0.1) is 11.3 Å². The van der Waals surface area contributed by atoms with Gasteiger partial charge in [0.2, 0.25) is 5.91 Å². The number of carboxylic acids is 1. The highest BCUT2D eigenvalue weighted by Crippen LogP contribution is 2.42. The van der Waals surface area contributed by atoms with E-state index < -0.39 is 12.0 Å². The Kier molecular flexibility index (Phi) is 3.94. The van der Waals surface area contributed by atoms with Gasteiger partial charge in [0.05, 0.1) is 0 Å². The Morgan fingerprint density at radius 3 is 2.50 bits per heavy atom. The van der Waals surface area contributed by atoms with Crippen LogP contribution in [-0.2, 0) is 9.59 Å². The van der Waals surface area contributed by atoms with Gasteiger partial charge in [-0.15, -0.1) is 0 Å². The van der Waals surface area contributed by atoms with Crippen molar-refractivity contribution in [3.63, 3.8) is 0 Å². The fraction of sp³-hybridized carbons (Fsp3) is 0.833. The molecule has 1 rings (SSSR count). The first kappa shape index (κ1) is 13.0. The predicted octanol–water partition coefficient (Wildman–Crippen LogP) is 1.79. The van der Waals surface area contributed by atoms with Crippen LogP contribution in [0.3, 0.4) is 0 Å². The number of carbonyl (C=O) groups is 2. The Labute approximate surface area is 96.4 Å². The molecule has 1 saturated carbocycles. The van der Waals surface area contributed by atoms with Crippen molar-refractivity contribution < 1.29 is 14.7 Å². The molecule has 0 aromatic rings. The highest BCUT2D eigenvalue weighted by Gasteiger charge is 2.40. The molecule has 1 unspecified atom stereocenters. The molecule has 92 valence electrons. The maximum atomic E-state index is 12.0. The maximum absolute atomic E-state index is 12.0. The molecule has 4 heteroatoms. The number of aliphatic carboxylic acids is 1. The Balaban J connectivity index is 2.61. The first-order valence-corrected chi connectivity index (χ1v) is 5.91. The van der Waals surface area contributed by atoms with Gasteiger partial charge in [-0.3, -0.25) is 4.79 Å². The molecule has 1 amide bonds. The van der Waals surface area contributed by atoms with Crippen molar-refractivity contribution in [2.45, 2.75) is 52.5 Å². The van der Waals surface area contributed by atoms with E-state index in [-0.39, 0.29) is 17.2 Å². The number of hydrogen-bond donors (Lipinski definition) is 2. The third-order valence-electron chi connectivity index (χ3n) is 3.60. The molecule has 0 aliphatic heterocycles. The number of hydrogen-bond acceptors (Lipinski definition) is 2. The minimum Gasteiger partial charge on any atom is -0.480 e. The van der Waals surface area contributed by atoms with E-state index in [1.807, 2.05) is 0 Å². The fourth-order valence-corrected chi connectivity index (χ4v) is 2.42. The minimum absolute atomic E-state index is 0.000871. The molecule has 0 saturated heterocycles. The molecule has 0 radical (unpaired) electrons. The first-order valence-electron chi connectivity index (χ1n) is 5.91. The largest absolute Gasteiger partial charge is 0.480 e. The standard InChI is InChI=1S/C12H21NO3/c1-4-9(11(15)16)13-10(14)8-6-5-7-12(8,2)3/h8-9H,4-7H2,1-3H3,(H,13,14)(H,15,16)/t8?,9-/m0/s1. The summed E-state index contributed by atoms with van der Waals surface area (Å²) in [6.45, 7) is 5.91. The summed E-state index contributed by atoms with van der Waals surface area (Å²) in [6.07, 6.45) is 3.38. The van der Waals surface area contributed by atoms with Gasteiger partial charge in [0.1, 0.15) is 6.04 Å². The lowest BCUT2D eigenvalue weighted by atomic mass is 9.81. The van der Waals surface area contributed by atoms with E-state index in [0.29, 0.717) is 6.42 Å². The number of rotatable bonds is 4. The molecule has 1 aliphatic rings. The van der Waals surface area contributed by atoms with Gasteiger partial charge in [-0.25, -0.2) is 4.79 Å². The SMILES string of the molecule is CC[C@H](NC(=O)C1CCCC1(C)C)C(=O)O. The Hall–Kier alpha value is -1.06. The van der Waals surface area contributed by atoms with Crippen molar-refractivity contribution >= 4 is 11.9 Å². The van der Waals surface area contributed by atoms with Crippen molar-refractivity contribution in [1.82, 2.24) is 5.32 Å². The third kappa shape index (κ3) is 2.74. The molecule has 0 aromatic carbocycles. The zero-order valence-electron chi connectivity index (χ0n) is 10.2. The van der Waals surface area contributed by atoms with Crippen LogP contribution in [-0.4, -0.2) is 23.0 Å². The van der Waals surface area contributed by atoms with E-state index in [4.69, 9.17) is 5.11 Å². The van der Waals surface area contributed by atoms with Crippen molar-refractivity contribution in [2.75, 3.05) is 0 Å². The van der Waals surface area contributed by atoms with Crippen LogP contribution in [0.25, 0.3) is 0 Å². The summed E-state index contributed by atoms with van der Waals surface area (Å²) in [6, 6.07) is -0.746. The summed E-state index contributed by atoms with van der Waals surface area (Å²) < 4.78 is 0. The lowest BCUT2D eigenvalue weighted by molar-refractivity contribution is -0.143. The molecular formula is C12H21NO3. The molecule has 0 spiro atoms. The summed E-state index contributed by atoms with van der Waals surface area (Å²) >= 11 is 0. The summed E-state index contributed by atoms with van der Waals surface area (Å²) in [5.41, 5.74) is 0.000871. The lowest BCUT2D eigenvalue weighted by Gasteiger charge is -2.27. The van der Waals surface area contributed by atoms with Gasteiger partial charge in [0.15, 0.2) is 0 Å². The van der Waals surface area contributed by atoms with E-state index >= 15 is 0 Å². The number of carboxylic acid groups (broad SMARTS) is 1. The average molecular weight is 227 g/mol. The quantitative estimate of drug-likeness (QED) is 0.769. The summed E-state index contributed by atoms with van der Waals surface area (Å²) in [5, 5.41) is 11.5. The van der Waals surface area contributed by atoms with Gasteiger partial charge < -0.3 is 10.4 Å². The lowest BCUT2D eigenvalue weighted by Crippen LogP contribution is -2.45. The topological polar surface area (TPSA) is 66.4 Å². The van der Waals surface area contributed by atoms with Crippen LogP contribution in [0.4, 0.5) is 0 Å². The summed E-state index contributed by atoms with van der Waals surface area (Å²) in [4.78, 5) is 22.8. The van der Waals surface area contributed by atoms with Gasteiger partial charge in [-0.1, -0.05) is 27.2 Å². The second kappa shape index (κ2) is 4.85. The molecule has 0 aromatic heterocycles. The zero-order valence-corrected chi connectivity index (χ0v) is 10.2. The van der Waals surface area contributed by atoms with Crippen LogP contribution in [0.2, 0.25) is 0 Å². The van der Waals surface area contributed by atoms with Gasteiger partial charge >= 0.3 is 5.97 Å². The molecule has 16 heavy (non-hydrogen) atoms. The minimum atomic E-state index is -0.952. The summed E-state index contributed by atoms with van der Waals surface area (Å²) in [5.74, 6) is -1.09. The molecular weight excluding hydrogens is 206 g/mol. The van der Waals surface area contributed by atoms with Crippen LogP contribution in [0.5, 0.6) is 0 Å². The maximum Gasteiger partial charge on any atom is 0.326 e. The molecule has 4 nitrogen and oxygen atoms in total. The van der Waals surface area contributed by atoms with Crippen molar-refractivity contribution in [3.05, 3.63) is 0 Å². The Morgan fingerprint density at radius 1 is 1.50 bits per heavy atom. The highest BCUT2D eigenvalue weighted by atomic mass is 16.4. The first-order chi connectivity index (χ1) is 7.38. The van der Waals surface area contributed by atoms with Crippen LogP contribution < -0.4 is 5.32 Å².